The van der Waals surface area contributed by atoms with E-state index in [0.717, 1.165) is 6.42 Å². The second-order valence-electron chi connectivity index (χ2n) is 8.86. The van der Waals surface area contributed by atoms with Crippen LogP contribution in [0.5, 0.6) is 5.75 Å². The molecule has 34 heavy (non-hydrogen) atoms. The van der Waals surface area contributed by atoms with Gasteiger partial charge in [-0.25, -0.2) is 14.4 Å². The van der Waals surface area contributed by atoms with Crippen LogP contribution in [0.25, 0.3) is 33.4 Å². The number of halogens is 1. The Labute approximate surface area is 194 Å². The Morgan fingerprint density at radius 2 is 2.09 bits per heavy atom. The van der Waals surface area contributed by atoms with Gasteiger partial charge in [0.2, 0.25) is 5.91 Å². The molecule has 1 saturated carbocycles. The van der Waals surface area contributed by atoms with Crippen LogP contribution in [0.2, 0.25) is 0 Å². The van der Waals surface area contributed by atoms with Gasteiger partial charge >= 0.3 is 0 Å². The van der Waals surface area contributed by atoms with Gasteiger partial charge in [-0.1, -0.05) is 12.1 Å². The molecule has 172 valence electrons. The Morgan fingerprint density at radius 3 is 2.82 bits per heavy atom. The number of nitrogens with one attached hydrogen (secondary N) is 1. The molecular weight excluding hydrogens is 437 g/mol. The van der Waals surface area contributed by atoms with Crippen molar-refractivity contribution in [3.05, 3.63) is 54.7 Å². The molecule has 1 aliphatic heterocycles. The van der Waals surface area contributed by atoms with Crippen molar-refractivity contribution >= 4 is 22.5 Å². The van der Waals surface area contributed by atoms with Crippen LogP contribution in [0.4, 0.5) is 10.1 Å². The van der Waals surface area contributed by atoms with Gasteiger partial charge in [0.05, 0.1) is 42.6 Å². The van der Waals surface area contributed by atoms with Crippen LogP contribution in [0.3, 0.4) is 0 Å². The fourth-order valence-corrected chi connectivity index (χ4v) is 4.83. The van der Waals surface area contributed by atoms with E-state index >= 15 is 0 Å². The summed E-state index contributed by atoms with van der Waals surface area (Å²) in [6.07, 6.45) is 4.09. The normalized spacial score (nSPS) is 20.9. The molecule has 0 spiro atoms. The van der Waals surface area contributed by atoms with Crippen molar-refractivity contribution < 1.29 is 18.7 Å². The second kappa shape index (κ2) is 7.59. The lowest BCUT2D eigenvalue weighted by Crippen LogP contribution is -2.27. The van der Waals surface area contributed by atoms with Crippen molar-refractivity contribution in [2.24, 2.45) is 18.4 Å². The van der Waals surface area contributed by atoms with E-state index in [9.17, 15) is 9.18 Å². The summed E-state index contributed by atoms with van der Waals surface area (Å²) >= 11 is 0. The van der Waals surface area contributed by atoms with Crippen molar-refractivity contribution in [3.63, 3.8) is 0 Å². The lowest BCUT2D eigenvalue weighted by Gasteiger charge is -2.16. The highest BCUT2D eigenvalue weighted by Gasteiger charge is 2.63. The molecule has 1 N–H and O–H groups in total. The van der Waals surface area contributed by atoms with Crippen LogP contribution in [-0.2, 0) is 16.6 Å². The van der Waals surface area contributed by atoms with Crippen molar-refractivity contribution in [2.75, 3.05) is 25.6 Å². The Balaban J connectivity index is 1.48. The van der Waals surface area contributed by atoms with Gasteiger partial charge in [-0.15, -0.1) is 0 Å². The van der Waals surface area contributed by atoms with Crippen molar-refractivity contribution in [1.82, 2.24) is 19.7 Å². The van der Waals surface area contributed by atoms with Gasteiger partial charge in [0.15, 0.2) is 0 Å². The number of hydrogen-bond acceptors (Lipinski definition) is 6. The second-order valence-corrected chi connectivity index (χ2v) is 8.86. The number of amides is 1. The predicted octanol–water partition coefficient (Wildman–Crippen LogP) is 3.82. The largest absolute Gasteiger partial charge is 0.494 e. The van der Waals surface area contributed by atoms with Gasteiger partial charge in [0, 0.05) is 41.7 Å². The molecule has 6 rings (SSSR count). The molecule has 1 aliphatic carbocycles. The third kappa shape index (κ3) is 3.15. The number of benzene rings is 2. The maximum absolute atomic E-state index is 14.6. The van der Waals surface area contributed by atoms with E-state index in [2.05, 4.69) is 20.4 Å². The molecule has 8 nitrogen and oxygen atoms in total. The van der Waals surface area contributed by atoms with E-state index in [1.165, 1.54) is 12.4 Å². The Bertz CT molecular complexity index is 1450. The van der Waals surface area contributed by atoms with Gasteiger partial charge in [-0.3, -0.25) is 9.48 Å². The monoisotopic (exact) mass is 459 g/mol. The summed E-state index contributed by atoms with van der Waals surface area (Å²) in [4.78, 5) is 22.0. The quantitative estimate of drug-likeness (QED) is 0.488. The highest BCUT2D eigenvalue weighted by Crippen LogP contribution is 2.57. The third-order valence-electron chi connectivity index (χ3n) is 6.78. The molecule has 2 aromatic heterocycles. The SMILES string of the molecule is COc1cc2ncnc(-c3cn(C)nc3-c3ccccc3F)c2cc1NC(=O)[C@]12COC[C@H]1C2. The van der Waals surface area contributed by atoms with E-state index in [-0.39, 0.29) is 17.6 Å². The van der Waals surface area contributed by atoms with Crippen LogP contribution in [0, 0.1) is 17.2 Å². The number of aryl methyl sites for hydroxylation is 1. The highest BCUT2D eigenvalue weighted by atomic mass is 19.1. The zero-order valence-corrected chi connectivity index (χ0v) is 18.7. The number of ether oxygens (including phenoxy) is 2. The molecule has 0 bridgehead atoms. The lowest BCUT2D eigenvalue weighted by atomic mass is 10.0. The number of nitrogens with zero attached hydrogens (tertiary/aromatic N) is 4. The number of aromatic nitrogens is 4. The third-order valence-corrected chi connectivity index (χ3v) is 6.78. The van der Waals surface area contributed by atoms with Crippen LogP contribution in [-0.4, -0.2) is 46.0 Å². The van der Waals surface area contributed by atoms with E-state index in [0.29, 0.717) is 58.1 Å². The first-order valence-electron chi connectivity index (χ1n) is 11.0. The maximum Gasteiger partial charge on any atom is 0.233 e. The van der Waals surface area contributed by atoms with Gasteiger partial charge in [0.25, 0.3) is 0 Å². The standard InChI is InChI=1S/C25H22FN5O3/c1-31-10-17(23(30-31)15-5-3-4-6-18(15)26)22-16-7-20(21(33-2)8-19(16)27-13-28-22)29-24(32)25-9-14(25)11-34-12-25/h3-8,10,13-14H,9,11-12H2,1-2H3,(H,29,32)/t14-,25-/m1/s1. The Morgan fingerprint density at radius 1 is 1.24 bits per heavy atom. The summed E-state index contributed by atoms with van der Waals surface area (Å²) in [5.74, 6) is 0.335. The van der Waals surface area contributed by atoms with Crippen LogP contribution < -0.4 is 10.1 Å². The summed E-state index contributed by atoms with van der Waals surface area (Å²) in [6.45, 7) is 1.07. The first kappa shape index (κ1) is 20.7. The number of carbonyl (C=O) groups is 1. The first-order chi connectivity index (χ1) is 16.5. The number of anilines is 1. The molecule has 2 fully saturated rings. The summed E-state index contributed by atoms with van der Waals surface area (Å²) in [7, 11) is 3.33. The van der Waals surface area contributed by atoms with Crippen molar-refractivity contribution in [1.29, 1.82) is 0 Å². The zero-order chi connectivity index (χ0) is 23.4. The highest BCUT2D eigenvalue weighted by molar-refractivity contribution is 6.04. The summed E-state index contributed by atoms with van der Waals surface area (Å²) < 4.78 is 27.3. The average molecular weight is 459 g/mol. The fourth-order valence-electron chi connectivity index (χ4n) is 4.83. The summed E-state index contributed by atoms with van der Waals surface area (Å²) in [6, 6.07) is 10.1. The number of methoxy groups -OCH3 is 1. The molecule has 2 aromatic carbocycles. The number of rotatable bonds is 5. The molecule has 9 heteroatoms. The van der Waals surface area contributed by atoms with E-state index in [1.54, 1.807) is 49.3 Å². The average Bonchev–Trinajstić information content (AvgIpc) is 3.18. The number of carbonyl (C=O) groups excluding carboxylic acids is 1. The molecule has 0 radical (unpaired) electrons. The van der Waals surface area contributed by atoms with Gasteiger partial charge < -0.3 is 14.8 Å². The van der Waals surface area contributed by atoms with Gasteiger partial charge in [-0.2, -0.15) is 5.10 Å². The van der Waals surface area contributed by atoms with Crippen LogP contribution in [0.15, 0.2) is 48.9 Å². The van der Waals surface area contributed by atoms with E-state index in [1.807, 2.05) is 6.07 Å². The van der Waals surface area contributed by atoms with Crippen LogP contribution in [0.1, 0.15) is 6.42 Å². The summed E-state index contributed by atoms with van der Waals surface area (Å²) in [5.41, 5.74) is 2.82. The minimum absolute atomic E-state index is 0.0699. The Kier molecular flexibility index (Phi) is 4.63. The zero-order valence-electron chi connectivity index (χ0n) is 18.7. The molecule has 1 amide bonds. The smallest absolute Gasteiger partial charge is 0.233 e. The van der Waals surface area contributed by atoms with Gasteiger partial charge in [-0.05, 0) is 24.6 Å². The minimum atomic E-state index is -0.447. The number of fused-ring (bicyclic) bond motifs is 2. The van der Waals surface area contributed by atoms with Crippen molar-refractivity contribution in [2.45, 2.75) is 6.42 Å². The molecule has 3 heterocycles. The van der Waals surface area contributed by atoms with Crippen molar-refractivity contribution in [3.8, 4) is 28.3 Å². The topological polar surface area (TPSA) is 91.2 Å². The molecule has 2 aliphatic rings. The summed E-state index contributed by atoms with van der Waals surface area (Å²) in [5, 5.41) is 8.23. The maximum atomic E-state index is 14.6. The predicted molar refractivity (Wildman–Crippen MR) is 124 cm³/mol. The van der Waals surface area contributed by atoms with Gasteiger partial charge in [0.1, 0.15) is 23.6 Å². The minimum Gasteiger partial charge on any atom is -0.494 e. The van der Waals surface area contributed by atoms with Crippen LogP contribution >= 0.6 is 0 Å². The molecule has 0 unspecified atom stereocenters. The molecule has 4 aromatic rings. The van der Waals surface area contributed by atoms with E-state index < -0.39 is 5.41 Å². The first-order valence-corrected chi connectivity index (χ1v) is 11.0. The molecule has 2 atom stereocenters. The fraction of sp³-hybridized carbons (Fsp3) is 0.280. The number of hydrogen-bond donors (Lipinski definition) is 1. The lowest BCUT2D eigenvalue weighted by molar-refractivity contribution is -0.121. The molecule has 1 saturated heterocycles. The Hall–Kier alpha value is -3.85. The van der Waals surface area contributed by atoms with E-state index in [4.69, 9.17) is 9.47 Å². The molecular formula is C25H22FN5O3.